The average molecular weight is 433 g/mol. The third kappa shape index (κ3) is 5.95. The molecule has 0 fully saturated rings. The van der Waals surface area contributed by atoms with Gasteiger partial charge in [0.2, 0.25) is 0 Å². The van der Waals surface area contributed by atoms with Crippen molar-refractivity contribution in [1.29, 1.82) is 0 Å². The summed E-state index contributed by atoms with van der Waals surface area (Å²) in [6, 6.07) is 8.45. The van der Waals surface area contributed by atoms with Gasteiger partial charge in [-0.3, -0.25) is 4.79 Å². The molecular weight excluding hydrogens is 396 g/mol. The Balaban J connectivity index is 2.50. The number of thiophene rings is 1. The van der Waals surface area contributed by atoms with Crippen molar-refractivity contribution in [2.75, 3.05) is 6.23 Å². The predicted molar refractivity (Wildman–Crippen MR) is 127 cm³/mol. The van der Waals surface area contributed by atoms with Crippen molar-refractivity contribution in [3.05, 3.63) is 40.8 Å². The van der Waals surface area contributed by atoms with Crippen molar-refractivity contribution >= 4 is 29.9 Å². The van der Waals surface area contributed by atoms with Gasteiger partial charge >= 0.3 is 5.97 Å². The second kappa shape index (κ2) is 8.64. The highest BCUT2D eigenvalue weighted by atomic mass is 32.1. The molecule has 2 rings (SSSR count). The molecule has 0 N–H and O–H groups in total. The Bertz CT molecular complexity index is 805. The highest BCUT2D eigenvalue weighted by Crippen LogP contribution is 2.42. The van der Waals surface area contributed by atoms with Crippen LogP contribution in [0.2, 0.25) is 13.1 Å². The SMILES string of the molecule is CCC(=O)Oc1c(C(C)(C)C)cc(OC[Si](C)(C)c2cccs2)cc1C(C)(C)C. The third-order valence-corrected chi connectivity index (χ3v) is 10.0. The summed E-state index contributed by atoms with van der Waals surface area (Å²) >= 11 is 1.82. The predicted octanol–water partition coefficient (Wildman–Crippen LogP) is 6.19. The van der Waals surface area contributed by atoms with Crippen molar-refractivity contribution in [2.24, 2.45) is 0 Å². The van der Waals surface area contributed by atoms with Crippen molar-refractivity contribution in [1.82, 2.24) is 0 Å². The van der Waals surface area contributed by atoms with Crippen LogP contribution >= 0.6 is 11.3 Å². The maximum atomic E-state index is 12.2. The van der Waals surface area contributed by atoms with Gasteiger partial charge in [0.15, 0.2) is 0 Å². The fourth-order valence-electron chi connectivity index (χ4n) is 3.09. The molecule has 29 heavy (non-hydrogen) atoms. The number of hydrogen-bond acceptors (Lipinski definition) is 4. The van der Waals surface area contributed by atoms with Gasteiger partial charge in [-0.15, -0.1) is 0 Å². The number of hydrogen-bond donors (Lipinski definition) is 0. The van der Waals surface area contributed by atoms with Crippen molar-refractivity contribution in [3.63, 3.8) is 0 Å². The van der Waals surface area contributed by atoms with Gasteiger partial charge in [-0.05, 0) is 32.8 Å². The summed E-state index contributed by atoms with van der Waals surface area (Å²) in [7, 11) is -1.67. The minimum Gasteiger partial charge on any atom is -0.497 e. The Labute approximate surface area is 181 Å². The van der Waals surface area contributed by atoms with E-state index in [9.17, 15) is 4.79 Å². The van der Waals surface area contributed by atoms with Crippen molar-refractivity contribution in [3.8, 4) is 11.5 Å². The fraction of sp³-hybridized carbons (Fsp3) is 0.542. The zero-order valence-electron chi connectivity index (χ0n) is 19.4. The molecule has 1 aromatic heterocycles. The molecule has 1 aromatic carbocycles. The van der Waals surface area contributed by atoms with E-state index in [4.69, 9.17) is 9.47 Å². The molecule has 0 saturated heterocycles. The van der Waals surface area contributed by atoms with Crippen LogP contribution in [-0.4, -0.2) is 20.3 Å². The largest absolute Gasteiger partial charge is 0.497 e. The topological polar surface area (TPSA) is 35.5 Å². The van der Waals surface area contributed by atoms with Crippen LogP contribution in [0.1, 0.15) is 66.0 Å². The minimum absolute atomic E-state index is 0.177. The zero-order valence-corrected chi connectivity index (χ0v) is 21.3. The standard InChI is InChI=1S/C24H36O3SSi/c1-10-20(25)27-22-18(23(2,3)4)14-17(15-19(22)24(5,6)7)26-16-29(8,9)21-12-11-13-28-21/h11-15H,10,16H2,1-9H3. The fourth-order valence-corrected chi connectivity index (χ4v) is 6.43. The number of ether oxygens (including phenoxy) is 2. The molecule has 0 spiro atoms. The van der Waals surface area contributed by atoms with E-state index in [0.717, 1.165) is 23.1 Å². The van der Waals surface area contributed by atoms with Gasteiger partial charge in [0.25, 0.3) is 0 Å². The number of carbonyl (C=O) groups excluding carboxylic acids is 1. The van der Waals surface area contributed by atoms with E-state index in [1.807, 2.05) is 18.3 Å². The van der Waals surface area contributed by atoms with Gasteiger partial charge in [0.1, 0.15) is 19.6 Å². The Hall–Kier alpha value is -1.59. The zero-order chi connectivity index (χ0) is 22.0. The van der Waals surface area contributed by atoms with E-state index in [2.05, 4.69) is 84.3 Å². The molecule has 3 nitrogen and oxygen atoms in total. The summed E-state index contributed by atoms with van der Waals surface area (Å²) in [5.74, 6) is 1.34. The Morgan fingerprint density at radius 3 is 2.00 bits per heavy atom. The lowest BCUT2D eigenvalue weighted by Gasteiger charge is -2.30. The molecule has 1 heterocycles. The van der Waals surface area contributed by atoms with Crippen LogP contribution in [0.5, 0.6) is 11.5 Å². The Morgan fingerprint density at radius 1 is 1.03 bits per heavy atom. The molecule has 160 valence electrons. The van der Waals surface area contributed by atoms with Gasteiger partial charge in [-0.2, -0.15) is 11.3 Å². The number of esters is 1. The summed E-state index contributed by atoms with van der Waals surface area (Å²) in [6.45, 7) is 19.4. The first-order chi connectivity index (χ1) is 13.3. The molecule has 5 heteroatoms. The lowest BCUT2D eigenvalue weighted by molar-refractivity contribution is -0.134. The second-order valence-electron chi connectivity index (χ2n) is 10.3. The average Bonchev–Trinajstić information content (AvgIpc) is 3.14. The van der Waals surface area contributed by atoms with Crippen molar-refractivity contribution in [2.45, 2.75) is 78.8 Å². The van der Waals surface area contributed by atoms with Crippen LogP contribution in [0.3, 0.4) is 0 Å². The molecule has 0 bridgehead atoms. The van der Waals surface area contributed by atoms with Gasteiger partial charge in [-0.1, -0.05) is 73.7 Å². The van der Waals surface area contributed by atoms with Crippen LogP contribution in [0.25, 0.3) is 0 Å². The Morgan fingerprint density at radius 2 is 1.59 bits per heavy atom. The maximum absolute atomic E-state index is 12.2. The normalized spacial score (nSPS) is 12.7. The highest BCUT2D eigenvalue weighted by Gasteiger charge is 2.31. The van der Waals surface area contributed by atoms with Gasteiger partial charge in [-0.25, -0.2) is 0 Å². The quantitative estimate of drug-likeness (QED) is 0.310. The van der Waals surface area contributed by atoms with Crippen LogP contribution in [0.15, 0.2) is 29.6 Å². The van der Waals surface area contributed by atoms with E-state index in [1.54, 1.807) is 0 Å². The summed E-state index contributed by atoms with van der Waals surface area (Å²) in [6.07, 6.45) is 1.07. The molecular formula is C24H36O3SSi. The molecule has 2 aromatic rings. The minimum atomic E-state index is -1.67. The van der Waals surface area contributed by atoms with Crippen LogP contribution in [-0.2, 0) is 15.6 Å². The number of carbonyl (C=O) groups is 1. The number of benzene rings is 1. The first-order valence-electron chi connectivity index (χ1n) is 10.3. The van der Waals surface area contributed by atoms with E-state index >= 15 is 0 Å². The monoisotopic (exact) mass is 432 g/mol. The van der Waals surface area contributed by atoms with Crippen LogP contribution in [0, 0.1) is 0 Å². The van der Waals surface area contributed by atoms with Gasteiger partial charge in [0.05, 0.1) is 6.23 Å². The summed E-state index contributed by atoms with van der Waals surface area (Å²) in [5, 5.41) is 2.14. The first kappa shape index (κ1) is 23.7. The summed E-state index contributed by atoms with van der Waals surface area (Å²) in [4.78, 5) is 12.2. The second-order valence-corrected chi connectivity index (χ2v) is 16.2. The van der Waals surface area contributed by atoms with Gasteiger partial charge in [0, 0.05) is 17.5 Å². The van der Waals surface area contributed by atoms with E-state index in [-0.39, 0.29) is 16.8 Å². The van der Waals surface area contributed by atoms with E-state index in [1.165, 1.54) is 4.50 Å². The molecule has 0 aliphatic rings. The van der Waals surface area contributed by atoms with E-state index < -0.39 is 8.07 Å². The first-order valence-corrected chi connectivity index (χ1v) is 14.4. The molecule has 0 aliphatic heterocycles. The summed E-state index contributed by atoms with van der Waals surface area (Å²) in [5.41, 5.74) is 1.67. The molecule has 0 aliphatic carbocycles. The summed E-state index contributed by atoms with van der Waals surface area (Å²) < 4.78 is 13.7. The molecule has 0 unspecified atom stereocenters. The van der Waals surface area contributed by atoms with Crippen LogP contribution < -0.4 is 14.0 Å². The Kier molecular flexibility index (Phi) is 7.06. The van der Waals surface area contributed by atoms with Gasteiger partial charge < -0.3 is 9.47 Å². The molecule has 0 radical (unpaired) electrons. The van der Waals surface area contributed by atoms with Crippen molar-refractivity contribution < 1.29 is 14.3 Å². The lowest BCUT2D eigenvalue weighted by atomic mass is 9.79. The maximum Gasteiger partial charge on any atom is 0.310 e. The number of rotatable bonds is 6. The molecule has 0 atom stereocenters. The lowest BCUT2D eigenvalue weighted by Crippen LogP contribution is -2.45. The third-order valence-electron chi connectivity index (χ3n) is 4.97. The van der Waals surface area contributed by atoms with E-state index in [0.29, 0.717) is 12.2 Å². The van der Waals surface area contributed by atoms with Crippen LogP contribution in [0.4, 0.5) is 0 Å². The highest BCUT2D eigenvalue weighted by molar-refractivity contribution is 7.25. The molecule has 0 amide bonds. The molecule has 0 saturated carbocycles. The smallest absolute Gasteiger partial charge is 0.310 e.